The fraction of sp³-hybridized carbons (Fsp3) is 0.350. The molecule has 0 atom stereocenters. The lowest BCUT2D eigenvalue weighted by Gasteiger charge is -2.16. The first-order valence-corrected chi connectivity index (χ1v) is 9.60. The summed E-state index contributed by atoms with van der Waals surface area (Å²) in [6.45, 7) is 1.72. The summed E-state index contributed by atoms with van der Waals surface area (Å²) in [5.41, 5.74) is 7.03. The number of carbonyl (C=O) groups is 1. The molecule has 0 heterocycles. The Hall–Kier alpha value is -2.01. The van der Waals surface area contributed by atoms with Crippen LogP contribution in [0.3, 0.4) is 0 Å². The lowest BCUT2D eigenvalue weighted by Crippen LogP contribution is -2.24. The molecular formula is C20H21FN2OS. The van der Waals surface area contributed by atoms with E-state index in [0.29, 0.717) is 10.5 Å². The molecule has 0 unspecified atom stereocenters. The van der Waals surface area contributed by atoms with E-state index in [9.17, 15) is 9.18 Å². The van der Waals surface area contributed by atoms with Gasteiger partial charge < -0.3 is 5.32 Å². The second kappa shape index (κ2) is 6.71. The maximum Gasteiger partial charge on any atom is 0.329 e. The van der Waals surface area contributed by atoms with Gasteiger partial charge in [-0.05, 0) is 97.3 Å². The Morgan fingerprint density at radius 2 is 1.72 bits per heavy atom. The number of hydrogen-bond donors (Lipinski definition) is 2. The molecule has 2 aliphatic carbocycles. The summed E-state index contributed by atoms with van der Waals surface area (Å²) >= 11 is 1.14. The van der Waals surface area contributed by atoms with Gasteiger partial charge in [0.05, 0.1) is 0 Å². The summed E-state index contributed by atoms with van der Waals surface area (Å²) < 4.78 is 16.4. The van der Waals surface area contributed by atoms with Gasteiger partial charge in [-0.3, -0.25) is 4.72 Å². The van der Waals surface area contributed by atoms with E-state index in [2.05, 4.69) is 16.1 Å². The first kappa shape index (κ1) is 16.5. The van der Waals surface area contributed by atoms with E-state index >= 15 is 0 Å². The average Bonchev–Trinajstić information content (AvgIpc) is 3.24. The summed E-state index contributed by atoms with van der Waals surface area (Å²) in [5.74, 6) is -0.258. The number of benzene rings is 2. The zero-order valence-electron chi connectivity index (χ0n) is 14.2. The molecule has 0 radical (unpaired) electrons. The van der Waals surface area contributed by atoms with Gasteiger partial charge in [0.1, 0.15) is 5.82 Å². The van der Waals surface area contributed by atoms with Crippen LogP contribution in [0, 0.1) is 12.7 Å². The van der Waals surface area contributed by atoms with Crippen LogP contribution in [0.15, 0.2) is 29.2 Å². The Morgan fingerprint density at radius 3 is 2.36 bits per heavy atom. The third-order valence-corrected chi connectivity index (χ3v) is 5.89. The molecule has 0 saturated carbocycles. The standard InChI is InChI=1S/C20H21FN2OS/c1-12-8-9-15(11-18(12)21)25-23-20(24)22-19-16-6-2-4-13(16)10-14-5-3-7-17(14)19/h8-11H,2-7H2,1H3,(H2,22,23,24). The second-order valence-corrected chi connectivity index (χ2v) is 7.68. The molecule has 2 aromatic rings. The number of aryl methyl sites for hydroxylation is 3. The van der Waals surface area contributed by atoms with Crippen molar-refractivity contribution in [3.63, 3.8) is 0 Å². The third-order valence-electron chi connectivity index (χ3n) is 5.12. The minimum absolute atomic E-state index is 0.250. The van der Waals surface area contributed by atoms with E-state index < -0.39 is 0 Å². The molecule has 0 saturated heterocycles. The van der Waals surface area contributed by atoms with E-state index in [1.54, 1.807) is 19.1 Å². The fourth-order valence-corrected chi connectivity index (χ4v) is 4.41. The summed E-state index contributed by atoms with van der Waals surface area (Å²) in [4.78, 5) is 13.1. The number of halogens is 1. The van der Waals surface area contributed by atoms with Crippen molar-refractivity contribution in [3.05, 3.63) is 57.9 Å². The number of carbonyl (C=O) groups excluding carboxylic acids is 1. The van der Waals surface area contributed by atoms with Crippen LogP contribution in [-0.2, 0) is 25.7 Å². The fourth-order valence-electron chi connectivity index (χ4n) is 3.85. The predicted octanol–water partition coefficient (Wildman–Crippen LogP) is 4.94. The Labute approximate surface area is 151 Å². The number of urea groups is 1. The van der Waals surface area contributed by atoms with Crippen molar-refractivity contribution >= 4 is 23.7 Å². The number of fused-ring (bicyclic) bond motifs is 2. The third kappa shape index (κ3) is 3.25. The molecule has 2 N–H and O–H groups in total. The van der Waals surface area contributed by atoms with E-state index in [1.165, 1.54) is 28.3 Å². The highest BCUT2D eigenvalue weighted by Gasteiger charge is 2.24. The van der Waals surface area contributed by atoms with Crippen LogP contribution in [-0.4, -0.2) is 6.03 Å². The van der Waals surface area contributed by atoms with E-state index in [-0.39, 0.29) is 11.8 Å². The number of amides is 2. The molecule has 0 aromatic heterocycles. The topological polar surface area (TPSA) is 41.1 Å². The zero-order valence-corrected chi connectivity index (χ0v) is 15.1. The highest BCUT2D eigenvalue weighted by molar-refractivity contribution is 7.98. The van der Waals surface area contributed by atoms with Gasteiger partial charge in [0.15, 0.2) is 0 Å². The molecule has 4 rings (SSSR count). The van der Waals surface area contributed by atoms with Crippen molar-refractivity contribution in [2.24, 2.45) is 0 Å². The second-order valence-electron chi connectivity index (χ2n) is 6.80. The predicted molar refractivity (Wildman–Crippen MR) is 99.6 cm³/mol. The highest BCUT2D eigenvalue weighted by atomic mass is 32.2. The maximum absolute atomic E-state index is 13.6. The van der Waals surface area contributed by atoms with Gasteiger partial charge in [0.2, 0.25) is 0 Å². The van der Waals surface area contributed by atoms with Crippen molar-refractivity contribution in [1.29, 1.82) is 0 Å². The molecule has 2 aliphatic rings. The van der Waals surface area contributed by atoms with Crippen LogP contribution in [0.25, 0.3) is 0 Å². The largest absolute Gasteiger partial charge is 0.329 e. The number of hydrogen-bond acceptors (Lipinski definition) is 2. The molecule has 130 valence electrons. The van der Waals surface area contributed by atoms with Crippen molar-refractivity contribution in [2.75, 3.05) is 5.32 Å². The van der Waals surface area contributed by atoms with Crippen LogP contribution in [0.1, 0.15) is 40.7 Å². The molecule has 3 nitrogen and oxygen atoms in total. The zero-order chi connectivity index (χ0) is 17.4. The van der Waals surface area contributed by atoms with Crippen LogP contribution < -0.4 is 10.0 Å². The molecule has 5 heteroatoms. The molecule has 2 amide bonds. The van der Waals surface area contributed by atoms with Crippen LogP contribution >= 0.6 is 11.9 Å². The maximum atomic E-state index is 13.6. The first-order chi connectivity index (χ1) is 12.1. The summed E-state index contributed by atoms with van der Waals surface area (Å²) in [5, 5.41) is 3.07. The summed E-state index contributed by atoms with van der Waals surface area (Å²) in [6.07, 6.45) is 6.60. The number of anilines is 1. The Bertz CT molecular complexity index is 818. The Balaban J connectivity index is 1.49. The van der Waals surface area contributed by atoms with Gasteiger partial charge in [-0.2, -0.15) is 0 Å². The van der Waals surface area contributed by atoms with Gasteiger partial charge in [-0.1, -0.05) is 12.1 Å². The molecule has 0 aliphatic heterocycles. The monoisotopic (exact) mass is 356 g/mol. The lowest BCUT2D eigenvalue weighted by molar-refractivity contribution is 0.257. The SMILES string of the molecule is Cc1ccc(SNC(=O)Nc2c3c(cc4c2CCC4)CCC3)cc1F. The minimum atomic E-state index is -0.258. The Morgan fingerprint density at radius 1 is 1.04 bits per heavy atom. The molecule has 0 fully saturated rings. The molecule has 0 bridgehead atoms. The van der Waals surface area contributed by atoms with Crippen LogP contribution in [0.4, 0.5) is 14.9 Å². The number of nitrogens with one attached hydrogen (secondary N) is 2. The van der Waals surface area contributed by atoms with Crippen LogP contribution in [0.5, 0.6) is 0 Å². The molecular weight excluding hydrogens is 335 g/mol. The Kier molecular flexibility index (Phi) is 4.42. The average molecular weight is 356 g/mol. The minimum Gasteiger partial charge on any atom is -0.307 e. The smallest absolute Gasteiger partial charge is 0.307 e. The van der Waals surface area contributed by atoms with Crippen molar-refractivity contribution in [2.45, 2.75) is 50.3 Å². The highest BCUT2D eigenvalue weighted by Crippen LogP contribution is 2.38. The molecule has 25 heavy (non-hydrogen) atoms. The van der Waals surface area contributed by atoms with Crippen LogP contribution in [0.2, 0.25) is 0 Å². The normalized spacial score (nSPS) is 15.0. The van der Waals surface area contributed by atoms with E-state index in [1.807, 2.05) is 0 Å². The van der Waals surface area contributed by atoms with Crippen molar-refractivity contribution in [3.8, 4) is 0 Å². The van der Waals surface area contributed by atoms with Gasteiger partial charge in [-0.15, -0.1) is 0 Å². The molecule has 2 aromatic carbocycles. The van der Waals surface area contributed by atoms with E-state index in [0.717, 1.165) is 56.2 Å². The summed E-state index contributed by atoms with van der Waals surface area (Å²) in [6, 6.07) is 7.06. The summed E-state index contributed by atoms with van der Waals surface area (Å²) in [7, 11) is 0. The number of rotatable bonds is 3. The van der Waals surface area contributed by atoms with Gasteiger partial charge in [0.25, 0.3) is 0 Å². The van der Waals surface area contributed by atoms with Gasteiger partial charge in [-0.25, -0.2) is 9.18 Å². The van der Waals surface area contributed by atoms with Crippen molar-refractivity contribution in [1.82, 2.24) is 4.72 Å². The van der Waals surface area contributed by atoms with Gasteiger partial charge >= 0.3 is 6.03 Å². The first-order valence-electron chi connectivity index (χ1n) is 8.78. The molecule has 0 spiro atoms. The quantitative estimate of drug-likeness (QED) is 0.765. The van der Waals surface area contributed by atoms with E-state index in [4.69, 9.17) is 0 Å². The lowest BCUT2D eigenvalue weighted by atomic mass is 9.99. The van der Waals surface area contributed by atoms with Crippen molar-refractivity contribution < 1.29 is 9.18 Å². The van der Waals surface area contributed by atoms with Gasteiger partial charge in [0, 0.05) is 10.6 Å².